The lowest BCUT2D eigenvalue weighted by Crippen LogP contribution is -2.54. The molecule has 0 fully saturated rings. The molecule has 0 aliphatic rings. The van der Waals surface area contributed by atoms with Crippen LogP contribution in [0.25, 0.3) is 0 Å². The Morgan fingerprint density at radius 2 is 0.903 bits per heavy atom. The van der Waals surface area contributed by atoms with Crippen LogP contribution in [0.4, 0.5) is 32.0 Å². The van der Waals surface area contributed by atoms with Crippen LogP contribution < -0.4 is 21.2 Å². The van der Waals surface area contributed by atoms with Crippen molar-refractivity contribution in [2.45, 2.75) is 17.8 Å². The molecule has 31 heavy (non-hydrogen) atoms. The zero-order valence-corrected chi connectivity index (χ0v) is 15.7. The zero-order chi connectivity index (χ0) is 22.9. The van der Waals surface area contributed by atoms with E-state index in [1.165, 1.54) is 24.3 Å². The Bertz CT molecular complexity index is 1000. The average molecular weight is 442 g/mol. The summed E-state index contributed by atoms with van der Waals surface area (Å²) in [6.45, 7) is 0. The third-order valence-electron chi connectivity index (χ3n) is 4.68. The van der Waals surface area contributed by atoms with E-state index >= 15 is 0 Å². The monoisotopic (exact) mass is 442 g/mol. The number of hydrogen-bond donors (Lipinski definition) is 2. The molecule has 0 atom stereocenters. The van der Waals surface area contributed by atoms with Crippen molar-refractivity contribution in [2.24, 2.45) is 5.90 Å². The second-order valence-corrected chi connectivity index (χ2v) is 6.58. The minimum absolute atomic E-state index is 0.0543. The Hall–Kier alpha value is -3.40. The second kappa shape index (κ2) is 8.03. The van der Waals surface area contributed by atoms with Crippen LogP contribution in [0.5, 0.6) is 17.2 Å². The molecule has 0 bridgehead atoms. The van der Waals surface area contributed by atoms with Gasteiger partial charge in [0, 0.05) is 5.69 Å². The Balaban J connectivity index is 2.09. The lowest BCUT2D eigenvalue weighted by atomic mass is 9.73. The SMILES string of the molecule is NOc1ccc(C(c2ccc(Oc3ccc(N)cc3)cc2)(C(F)(F)F)C(F)(F)F)cc1. The van der Waals surface area contributed by atoms with E-state index in [4.69, 9.17) is 16.4 Å². The number of halogens is 6. The van der Waals surface area contributed by atoms with Gasteiger partial charge in [-0.1, -0.05) is 24.3 Å². The highest BCUT2D eigenvalue weighted by molar-refractivity contribution is 5.48. The zero-order valence-electron chi connectivity index (χ0n) is 15.7. The topological polar surface area (TPSA) is 70.5 Å². The molecule has 164 valence electrons. The molecule has 3 aromatic rings. The Morgan fingerprint density at radius 1 is 0.548 bits per heavy atom. The molecule has 3 aromatic carbocycles. The van der Waals surface area contributed by atoms with Gasteiger partial charge in [-0.2, -0.15) is 32.2 Å². The van der Waals surface area contributed by atoms with Crippen molar-refractivity contribution in [1.29, 1.82) is 0 Å². The summed E-state index contributed by atoms with van der Waals surface area (Å²) in [4.78, 5) is 4.35. The molecular weight excluding hydrogens is 426 g/mol. The molecule has 0 aromatic heterocycles. The molecule has 0 saturated heterocycles. The largest absolute Gasteiger partial charge is 0.457 e. The van der Waals surface area contributed by atoms with E-state index in [2.05, 4.69) is 4.84 Å². The van der Waals surface area contributed by atoms with Gasteiger partial charge in [0.2, 0.25) is 5.41 Å². The van der Waals surface area contributed by atoms with Gasteiger partial charge in [-0.3, -0.25) is 0 Å². The van der Waals surface area contributed by atoms with Crippen molar-refractivity contribution in [3.63, 3.8) is 0 Å². The van der Waals surface area contributed by atoms with Crippen LogP contribution in [0.1, 0.15) is 11.1 Å². The van der Waals surface area contributed by atoms with E-state index in [1.54, 1.807) is 0 Å². The van der Waals surface area contributed by atoms with Crippen molar-refractivity contribution in [2.75, 3.05) is 5.73 Å². The highest BCUT2D eigenvalue weighted by Crippen LogP contribution is 2.56. The van der Waals surface area contributed by atoms with Gasteiger partial charge in [0.1, 0.15) is 17.2 Å². The molecule has 0 amide bonds. The Kier molecular flexibility index (Phi) is 5.77. The lowest BCUT2D eigenvalue weighted by molar-refractivity contribution is -0.288. The number of anilines is 1. The van der Waals surface area contributed by atoms with Crippen LogP contribution in [0, 0.1) is 0 Å². The Morgan fingerprint density at radius 3 is 1.26 bits per heavy atom. The molecule has 10 heteroatoms. The van der Waals surface area contributed by atoms with E-state index in [0.717, 1.165) is 36.4 Å². The van der Waals surface area contributed by atoms with Gasteiger partial charge in [-0.15, -0.1) is 0 Å². The van der Waals surface area contributed by atoms with Crippen molar-refractivity contribution < 1.29 is 35.9 Å². The smallest absolute Gasteiger partial charge is 0.411 e. The lowest BCUT2D eigenvalue weighted by Gasteiger charge is -2.38. The summed E-state index contributed by atoms with van der Waals surface area (Å²) < 4.78 is 90.0. The van der Waals surface area contributed by atoms with Crippen LogP contribution >= 0.6 is 0 Å². The molecule has 0 heterocycles. The van der Waals surface area contributed by atoms with Gasteiger partial charge in [-0.05, 0) is 59.7 Å². The van der Waals surface area contributed by atoms with E-state index in [0.29, 0.717) is 23.6 Å². The molecule has 4 N–H and O–H groups in total. The van der Waals surface area contributed by atoms with E-state index < -0.39 is 28.9 Å². The third kappa shape index (κ3) is 4.11. The maximum absolute atomic E-state index is 14.1. The van der Waals surface area contributed by atoms with Gasteiger partial charge in [0.05, 0.1) is 0 Å². The van der Waals surface area contributed by atoms with Crippen molar-refractivity contribution in [3.05, 3.63) is 83.9 Å². The number of benzene rings is 3. The molecule has 3 rings (SSSR count). The van der Waals surface area contributed by atoms with Gasteiger partial charge >= 0.3 is 12.4 Å². The van der Waals surface area contributed by atoms with E-state index in [-0.39, 0.29) is 11.5 Å². The summed E-state index contributed by atoms with van der Waals surface area (Å²) in [6.07, 6.45) is -11.4. The summed E-state index contributed by atoms with van der Waals surface area (Å²) in [6, 6.07) is 12.9. The molecule has 0 spiro atoms. The van der Waals surface area contributed by atoms with Gasteiger partial charge in [0.25, 0.3) is 0 Å². The summed E-state index contributed by atoms with van der Waals surface area (Å²) in [5, 5.41) is 0. The van der Waals surface area contributed by atoms with Crippen LogP contribution in [0.15, 0.2) is 72.8 Å². The predicted molar refractivity (Wildman–Crippen MR) is 102 cm³/mol. The fraction of sp³-hybridized carbons (Fsp3) is 0.143. The third-order valence-corrected chi connectivity index (χ3v) is 4.68. The van der Waals surface area contributed by atoms with Gasteiger partial charge in [-0.25, -0.2) is 0 Å². The standard InChI is InChI=1S/C21H16F6N2O2/c22-20(23,24)19(21(25,26)27,14-3-9-18(31-29)10-4-14)13-1-7-16(8-2-13)30-17-11-5-15(28)6-12-17/h1-12H,28-29H2. The minimum atomic E-state index is -5.70. The predicted octanol–water partition coefficient (Wildman–Crippen LogP) is 5.72. The molecule has 4 nitrogen and oxygen atoms in total. The van der Waals surface area contributed by atoms with Gasteiger partial charge in [0.15, 0.2) is 0 Å². The number of rotatable bonds is 5. The fourth-order valence-electron chi connectivity index (χ4n) is 3.21. The summed E-state index contributed by atoms with van der Waals surface area (Å²) in [5.74, 6) is 5.20. The summed E-state index contributed by atoms with van der Waals surface area (Å²) >= 11 is 0. The Labute approximate surface area is 172 Å². The van der Waals surface area contributed by atoms with E-state index in [9.17, 15) is 26.3 Å². The average Bonchev–Trinajstić information content (AvgIpc) is 2.70. The van der Waals surface area contributed by atoms with Crippen LogP contribution in [0.3, 0.4) is 0 Å². The maximum atomic E-state index is 14.1. The molecule has 0 radical (unpaired) electrons. The van der Waals surface area contributed by atoms with Crippen molar-refractivity contribution in [3.8, 4) is 17.2 Å². The highest BCUT2D eigenvalue weighted by Gasteiger charge is 2.72. The number of hydrogen-bond acceptors (Lipinski definition) is 4. The number of nitrogens with two attached hydrogens (primary N) is 2. The van der Waals surface area contributed by atoms with Crippen molar-refractivity contribution >= 4 is 5.69 Å². The van der Waals surface area contributed by atoms with Crippen LogP contribution in [0.2, 0.25) is 0 Å². The summed E-state index contributed by atoms with van der Waals surface area (Å²) in [5.41, 5.74) is -0.288. The van der Waals surface area contributed by atoms with Crippen molar-refractivity contribution in [1.82, 2.24) is 0 Å². The number of ether oxygens (including phenoxy) is 1. The molecule has 0 aliphatic heterocycles. The summed E-state index contributed by atoms with van der Waals surface area (Å²) in [7, 11) is 0. The second-order valence-electron chi connectivity index (χ2n) is 6.58. The minimum Gasteiger partial charge on any atom is -0.457 e. The van der Waals surface area contributed by atoms with E-state index in [1.807, 2.05) is 0 Å². The quantitative estimate of drug-likeness (QED) is 0.301. The first-order valence-electron chi connectivity index (χ1n) is 8.73. The molecular formula is C21H16F6N2O2. The molecule has 0 unspecified atom stereocenters. The first kappa shape index (κ1) is 22.3. The molecule has 0 saturated carbocycles. The number of nitrogen functional groups attached to an aromatic ring is 1. The molecule has 0 aliphatic carbocycles. The first-order chi connectivity index (χ1) is 14.5. The van der Waals surface area contributed by atoms with Crippen LogP contribution in [-0.4, -0.2) is 12.4 Å². The normalized spacial score (nSPS) is 12.5. The fourth-order valence-corrected chi connectivity index (χ4v) is 3.21. The first-order valence-corrected chi connectivity index (χ1v) is 8.73. The maximum Gasteiger partial charge on any atom is 0.411 e. The van der Waals surface area contributed by atoms with Crippen LogP contribution in [-0.2, 0) is 5.41 Å². The van der Waals surface area contributed by atoms with Gasteiger partial charge < -0.3 is 15.3 Å². The highest BCUT2D eigenvalue weighted by atomic mass is 19.4. The number of alkyl halides is 6.